The molecule has 4 rings (SSSR count). The maximum atomic E-state index is 12.9. The van der Waals surface area contributed by atoms with Crippen LogP contribution in [0, 0.1) is 13.8 Å². The summed E-state index contributed by atoms with van der Waals surface area (Å²) in [7, 11) is 0. The van der Waals surface area contributed by atoms with E-state index in [2.05, 4.69) is 20.5 Å². The lowest BCUT2D eigenvalue weighted by molar-refractivity contribution is 0.0697. The largest absolute Gasteiger partial charge is 0.339 e. The molecule has 1 aliphatic rings. The Labute approximate surface area is 161 Å². The lowest BCUT2D eigenvalue weighted by Crippen LogP contribution is -2.38. The van der Waals surface area contributed by atoms with Crippen molar-refractivity contribution in [1.29, 1.82) is 0 Å². The number of hydrogen-bond donors (Lipinski definition) is 0. The smallest absolute Gasteiger partial charge is 0.276 e. The normalized spacial score (nSPS) is 15.3. The quantitative estimate of drug-likeness (QED) is 0.687. The number of nitrogens with zero attached hydrogens (tertiary/aromatic N) is 6. The summed E-state index contributed by atoms with van der Waals surface area (Å²) in [4.78, 5) is 19.0. The van der Waals surface area contributed by atoms with E-state index in [1.807, 2.05) is 25.1 Å². The fourth-order valence-corrected chi connectivity index (χ4v) is 3.55. The molecule has 0 spiro atoms. The summed E-state index contributed by atoms with van der Waals surface area (Å²) >= 11 is 6.24. The number of carbonyl (C=O) groups excluding carboxylic acids is 1. The summed E-state index contributed by atoms with van der Waals surface area (Å²) in [5.41, 5.74) is 1.72. The Morgan fingerprint density at radius 3 is 2.63 bits per heavy atom. The fourth-order valence-electron chi connectivity index (χ4n) is 3.34. The molecule has 9 heteroatoms. The van der Waals surface area contributed by atoms with Gasteiger partial charge in [-0.05, 0) is 38.8 Å². The number of piperidine rings is 1. The Morgan fingerprint density at radius 1 is 1.22 bits per heavy atom. The van der Waals surface area contributed by atoms with Crippen molar-refractivity contribution < 1.29 is 9.32 Å². The first-order valence-corrected chi connectivity index (χ1v) is 9.19. The van der Waals surface area contributed by atoms with E-state index in [1.54, 1.807) is 22.6 Å². The number of aromatic nitrogens is 5. The first-order valence-electron chi connectivity index (χ1n) is 8.81. The zero-order valence-electron chi connectivity index (χ0n) is 15.1. The Bertz CT molecular complexity index is 974. The minimum Gasteiger partial charge on any atom is -0.339 e. The maximum absolute atomic E-state index is 12.9. The second-order valence-corrected chi connectivity index (χ2v) is 7.04. The summed E-state index contributed by atoms with van der Waals surface area (Å²) in [5, 5.41) is 12.6. The van der Waals surface area contributed by atoms with E-state index in [1.165, 1.54) is 0 Å². The topological polar surface area (TPSA) is 89.9 Å². The van der Waals surface area contributed by atoms with Gasteiger partial charge in [-0.25, -0.2) is 4.68 Å². The number of aryl methyl sites for hydroxylation is 1. The van der Waals surface area contributed by atoms with E-state index in [9.17, 15) is 4.79 Å². The van der Waals surface area contributed by atoms with Crippen LogP contribution in [0.25, 0.3) is 5.69 Å². The molecule has 1 aromatic carbocycles. The minimum absolute atomic E-state index is 0.119. The Hall–Kier alpha value is -2.74. The molecule has 0 saturated carbocycles. The predicted octanol–water partition coefficient (Wildman–Crippen LogP) is 2.94. The standard InChI is InChI=1S/C18H19ClN6O2/c1-11-16(21-23-25(11)15-6-4-3-5-14(15)19)18(26)24-9-7-13(8-10-24)17-20-12(2)22-27-17/h3-6,13H,7-10H2,1-2H3. The van der Waals surface area contributed by atoms with Gasteiger partial charge in [0.15, 0.2) is 11.5 Å². The van der Waals surface area contributed by atoms with E-state index in [0.29, 0.717) is 46.9 Å². The third-order valence-electron chi connectivity index (χ3n) is 4.85. The average molecular weight is 387 g/mol. The summed E-state index contributed by atoms with van der Waals surface area (Å²) < 4.78 is 6.86. The van der Waals surface area contributed by atoms with Crippen LogP contribution in [0.1, 0.15) is 46.7 Å². The van der Waals surface area contributed by atoms with Crippen molar-refractivity contribution in [2.24, 2.45) is 0 Å². The molecule has 3 heterocycles. The van der Waals surface area contributed by atoms with E-state index < -0.39 is 0 Å². The third-order valence-corrected chi connectivity index (χ3v) is 5.17. The lowest BCUT2D eigenvalue weighted by Gasteiger charge is -2.29. The molecular weight excluding hydrogens is 368 g/mol. The van der Waals surface area contributed by atoms with Crippen molar-refractivity contribution in [2.75, 3.05) is 13.1 Å². The molecular formula is C18H19ClN6O2. The zero-order chi connectivity index (χ0) is 19.0. The number of benzene rings is 1. The van der Waals surface area contributed by atoms with Crippen LogP contribution >= 0.6 is 11.6 Å². The fraction of sp³-hybridized carbons (Fsp3) is 0.389. The zero-order valence-corrected chi connectivity index (χ0v) is 15.8. The summed E-state index contributed by atoms with van der Waals surface area (Å²) in [6.07, 6.45) is 1.57. The second-order valence-electron chi connectivity index (χ2n) is 6.63. The summed E-state index contributed by atoms with van der Waals surface area (Å²) in [6, 6.07) is 7.34. The van der Waals surface area contributed by atoms with Crippen LogP contribution in [0.15, 0.2) is 28.8 Å². The highest BCUT2D eigenvalue weighted by Crippen LogP contribution is 2.28. The van der Waals surface area contributed by atoms with Crippen LogP contribution in [0.3, 0.4) is 0 Å². The number of halogens is 1. The van der Waals surface area contributed by atoms with Crippen molar-refractivity contribution in [1.82, 2.24) is 30.0 Å². The van der Waals surface area contributed by atoms with Gasteiger partial charge in [-0.2, -0.15) is 4.98 Å². The van der Waals surface area contributed by atoms with Gasteiger partial charge in [0.2, 0.25) is 5.89 Å². The highest BCUT2D eigenvalue weighted by molar-refractivity contribution is 6.32. The molecule has 0 radical (unpaired) electrons. The van der Waals surface area contributed by atoms with Crippen molar-refractivity contribution in [3.63, 3.8) is 0 Å². The van der Waals surface area contributed by atoms with Crippen molar-refractivity contribution >= 4 is 17.5 Å². The summed E-state index contributed by atoms with van der Waals surface area (Å²) in [5.74, 6) is 1.36. The molecule has 0 N–H and O–H groups in total. The van der Waals surface area contributed by atoms with Crippen molar-refractivity contribution in [3.05, 3.63) is 52.4 Å². The first kappa shape index (κ1) is 17.7. The van der Waals surface area contributed by atoms with Gasteiger partial charge in [0.1, 0.15) is 0 Å². The van der Waals surface area contributed by atoms with E-state index in [4.69, 9.17) is 16.1 Å². The van der Waals surface area contributed by atoms with Crippen LogP contribution in [0.2, 0.25) is 5.02 Å². The van der Waals surface area contributed by atoms with Crippen LogP contribution in [0.4, 0.5) is 0 Å². The Morgan fingerprint density at radius 2 is 1.96 bits per heavy atom. The van der Waals surface area contributed by atoms with E-state index >= 15 is 0 Å². The van der Waals surface area contributed by atoms with Gasteiger partial charge in [0.25, 0.3) is 5.91 Å². The van der Waals surface area contributed by atoms with Crippen LogP contribution < -0.4 is 0 Å². The maximum Gasteiger partial charge on any atom is 0.276 e. The number of rotatable bonds is 3. The molecule has 1 amide bonds. The van der Waals surface area contributed by atoms with Gasteiger partial charge < -0.3 is 9.42 Å². The number of hydrogen-bond acceptors (Lipinski definition) is 6. The molecule has 1 saturated heterocycles. The number of amides is 1. The number of para-hydroxylation sites is 1. The van der Waals surface area contributed by atoms with Crippen LogP contribution in [-0.2, 0) is 0 Å². The molecule has 1 aliphatic heterocycles. The molecule has 0 unspecified atom stereocenters. The van der Waals surface area contributed by atoms with Crippen LogP contribution in [-0.4, -0.2) is 49.0 Å². The minimum atomic E-state index is -0.119. The van der Waals surface area contributed by atoms with Gasteiger partial charge in [-0.15, -0.1) is 5.10 Å². The molecule has 140 valence electrons. The number of carbonyl (C=O) groups is 1. The van der Waals surface area contributed by atoms with Gasteiger partial charge in [0.05, 0.1) is 16.4 Å². The lowest BCUT2D eigenvalue weighted by atomic mass is 9.96. The highest BCUT2D eigenvalue weighted by atomic mass is 35.5. The highest BCUT2D eigenvalue weighted by Gasteiger charge is 2.30. The Kier molecular flexibility index (Phi) is 4.65. The monoisotopic (exact) mass is 386 g/mol. The third kappa shape index (κ3) is 3.32. The average Bonchev–Trinajstić information content (AvgIpc) is 3.28. The molecule has 27 heavy (non-hydrogen) atoms. The van der Waals surface area contributed by atoms with Gasteiger partial charge in [0, 0.05) is 19.0 Å². The SMILES string of the molecule is Cc1noc(C2CCN(C(=O)c3nnn(-c4ccccc4Cl)c3C)CC2)n1. The van der Waals surface area contributed by atoms with Crippen molar-refractivity contribution in [3.8, 4) is 5.69 Å². The molecule has 0 bridgehead atoms. The second kappa shape index (κ2) is 7.11. The first-order chi connectivity index (χ1) is 13.0. The van der Waals surface area contributed by atoms with Gasteiger partial charge in [-0.1, -0.05) is 34.1 Å². The van der Waals surface area contributed by atoms with E-state index in [-0.39, 0.29) is 11.8 Å². The Balaban J connectivity index is 1.49. The van der Waals surface area contributed by atoms with Crippen LogP contribution in [0.5, 0.6) is 0 Å². The molecule has 0 atom stereocenters. The van der Waals surface area contributed by atoms with Crippen molar-refractivity contribution in [2.45, 2.75) is 32.6 Å². The molecule has 2 aromatic heterocycles. The summed E-state index contributed by atoms with van der Waals surface area (Å²) in [6.45, 7) is 4.86. The van der Waals surface area contributed by atoms with Gasteiger partial charge >= 0.3 is 0 Å². The van der Waals surface area contributed by atoms with E-state index in [0.717, 1.165) is 12.8 Å². The molecule has 1 fully saturated rings. The molecule has 8 nitrogen and oxygen atoms in total. The molecule has 0 aliphatic carbocycles. The molecule has 3 aromatic rings. The number of likely N-dealkylation sites (tertiary alicyclic amines) is 1. The predicted molar refractivity (Wildman–Crippen MR) is 98.0 cm³/mol. The van der Waals surface area contributed by atoms with Gasteiger partial charge in [-0.3, -0.25) is 4.79 Å².